The monoisotopic (exact) mass is 433 g/mol. The summed E-state index contributed by atoms with van der Waals surface area (Å²) in [6.07, 6.45) is -5.02. The van der Waals surface area contributed by atoms with Crippen molar-refractivity contribution in [3.05, 3.63) is 57.9 Å². The van der Waals surface area contributed by atoms with E-state index in [-0.39, 0.29) is 36.5 Å². The van der Waals surface area contributed by atoms with Gasteiger partial charge >= 0.3 is 6.18 Å². The van der Waals surface area contributed by atoms with Crippen LogP contribution < -0.4 is 4.74 Å². The molecule has 1 aliphatic rings. The number of nitriles is 1. The zero-order valence-corrected chi connectivity index (χ0v) is 17.4. The molecule has 9 heteroatoms. The van der Waals surface area contributed by atoms with E-state index in [2.05, 4.69) is 4.98 Å². The number of halogens is 3. The fourth-order valence-corrected chi connectivity index (χ4v) is 3.77. The molecular weight excluding hydrogens is 411 g/mol. The molecule has 0 saturated heterocycles. The highest BCUT2D eigenvalue weighted by molar-refractivity contribution is 5.97. The Hall–Kier alpha value is -3.12. The summed E-state index contributed by atoms with van der Waals surface area (Å²) in [5, 5.41) is 9.16. The molecule has 1 amide bonds. The van der Waals surface area contributed by atoms with Crippen LogP contribution in [-0.2, 0) is 17.7 Å². The van der Waals surface area contributed by atoms with E-state index in [1.807, 2.05) is 6.07 Å². The van der Waals surface area contributed by atoms with Crippen LogP contribution >= 0.6 is 0 Å². The predicted molar refractivity (Wildman–Crippen MR) is 106 cm³/mol. The van der Waals surface area contributed by atoms with Crippen LogP contribution in [0.15, 0.2) is 24.4 Å². The van der Waals surface area contributed by atoms with Gasteiger partial charge in [-0.15, -0.1) is 0 Å². The largest absolute Gasteiger partial charge is 0.492 e. The van der Waals surface area contributed by atoms with Gasteiger partial charge in [0.2, 0.25) is 0 Å². The number of ether oxygens (including phenoxy) is 2. The third-order valence-electron chi connectivity index (χ3n) is 5.09. The van der Waals surface area contributed by atoms with Crippen molar-refractivity contribution in [2.24, 2.45) is 0 Å². The number of hydrogen-bond donors (Lipinski definition) is 0. The third-order valence-corrected chi connectivity index (χ3v) is 5.09. The van der Waals surface area contributed by atoms with Crippen molar-refractivity contribution >= 4 is 5.91 Å². The lowest BCUT2D eigenvalue weighted by Gasteiger charge is -2.32. The lowest BCUT2D eigenvalue weighted by molar-refractivity contribution is -0.216. The van der Waals surface area contributed by atoms with Crippen molar-refractivity contribution in [2.75, 3.05) is 20.3 Å². The molecule has 0 aliphatic carbocycles. The Bertz CT molecular complexity index is 1030. The van der Waals surface area contributed by atoms with Crippen LogP contribution in [0.1, 0.15) is 51.3 Å². The number of rotatable bonds is 6. The summed E-state index contributed by atoms with van der Waals surface area (Å²) < 4.78 is 50.6. The van der Waals surface area contributed by atoms with Gasteiger partial charge in [-0.05, 0) is 43.0 Å². The molecular formula is C22H22F3N3O3. The van der Waals surface area contributed by atoms with Gasteiger partial charge in [-0.1, -0.05) is 6.07 Å². The summed E-state index contributed by atoms with van der Waals surface area (Å²) in [4.78, 5) is 18.9. The molecule has 0 fully saturated rings. The molecule has 0 saturated carbocycles. The minimum atomic E-state index is -4.58. The average Bonchev–Trinajstić information content (AvgIpc) is 2.70. The van der Waals surface area contributed by atoms with Gasteiger partial charge in [0.1, 0.15) is 17.4 Å². The first-order chi connectivity index (χ1) is 14.7. The predicted octanol–water partition coefficient (Wildman–Crippen LogP) is 4.11. The number of methoxy groups -OCH3 is 1. The Kier molecular flexibility index (Phi) is 6.51. The summed E-state index contributed by atoms with van der Waals surface area (Å²) in [5.41, 5.74) is 1.94. The molecule has 6 nitrogen and oxygen atoms in total. The fraction of sp³-hybridized carbons (Fsp3) is 0.409. The normalized spacial score (nSPS) is 14.7. The number of nitrogens with zero attached hydrogens (tertiary/aromatic N) is 3. The highest BCUT2D eigenvalue weighted by Gasteiger charge is 2.43. The van der Waals surface area contributed by atoms with Crippen LogP contribution in [0.2, 0.25) is 0 Å². The highest BCUT2D eigenvalue weighted by atomic mass is 19.4. The molecule has 31 heavy (non-hydrogen) atoms. The Morgan fingerprint density at radius 3 is 2.68 bits per heavy atom. The zero-order chi connectivity index (χ0) is 22.8. The Balaban J connectivity index is 1.93. The number of carbonyl (C=O) groups is 1. The average molecular weight is 433 g/mol. The zero-order valence-electron chi connectivity index (χ0n) is 17.4. The molecule has 0 bridgehead atoms. The molecule has 3 rings (SSSR count). The van der Waals surface area contributed by atoms with E-state index < -0.39 is 12.3 Å². The quantitative estimate of drug-likeness (QED) is 0.686. The van der Waals surface area contributed by atoms with E-state index in [0.717, 1.165) is 7.11 Å². The molecule has 0 spiro atoms. The minimum absolute atomic E-state index is 0.0202. The Morgan fingerprint density at radius 2 is 2.06 bits per heavy atom. The van der Waals surface area contributed by atoms with Crippen LogP contribution in [0, 0.1) is 18.3 Å². The van der Waals surface area contributed by atoms with Gasteiger partial charge < -0.3 is 14.4 Å². The molecule has 164 valence electrons. The smallest absolute Gasteiger partial charge is 0.418 e. The summed E-state index contributed by atoms with van der Waals surface area (Å²) in [7, 11) is 1.01. The van der Waals surface area contributed by atoms with E-state index in [9.17, 15) is 18.0 Å². The second-order valence-corrected chi connectivity index (χ2v) is 7.23. The lowest BCUT2D eigenvalue weighted by Crippen LogP contribution is -2.38. The first-order valence-electron chi connectivity index (χ1n) is 9.73. The van der Waals surface area contributed by atoms with Crippen LogP contribution in [-0.4, -0.2) is 42.2 Å². The second kappa shape index (κ2) is 8.94. The number of hydrogen-bond acceptors (Lipinski definition) is 5. The van der Waals surface area contributed by atoms with E-state index in [0.29, 0.717) is 34.7 Å². The van der Waals surface area contributed by atoms with Gasteiger partial charge in [0.25, 0.3) is 5.91 Å². The number of aromatic nitrogens is 1. The van der Waals surface area contributed by atoms with Crippen molar-refractivity contribution in [1.29, 1.82) is 5.26 Å². The highest BCUT2D eigenvalue weighted by Crippen LogP contribution is 2.39. The van der Waals surface area contributed by atoms with Crippen molar-refractivity contribution in [2.45, 2.75) is 39.1 Å². The fourth-order valence-electron chi connectivity index (χ4n) is 3.77. The molecule has 0 radical (unpaired) electrons. The number of aryl methyl sites for hydroxylation is 1. The van der Waals surface area contributed by atoms with Gasteiger partial charge in [-0.2, -0.15) is 18.4 Å². The summed E-state index contributed by atoms with van der Waals surface area (Å²) >= 11 is 0. The number of pyridine rings is 1. The van der Waals surface area contributed by atoms with E-state index >= 15 is 0 Å². The number of benzene rings is 1. The van der Waals surface area contributed by atoms with Crippen LogP contribution in [0.4, 0.5) is 13.2 Å². The van der Waals surface area contributed by atoms with Crippen LogP contribution in [0.25, 0.3) is 0 Å². The topological polar surface area (TPSA) is 75.5 Å². The van der Waals surface area contributed by atoms with Crippen molar-refractivity contribution < 1.29 is 27.4 Å². The standard InChI is InChI=1S/C22H22F3N3O3/c1-4-31-19-9-15(27-11-14(19)10-26)12-28-6-5-16-17(20(30-3)22(23,24)25)7-13(2)8-18(16)21(28)29/h7-9,11,20H,4-6,12H2,1-3H3. The van der Waals surface area contributed by atoms with Gasteiger partial charge in [-0.25, -0.2) is 0 Å². The molecule has 2 heterocycles. The molecule has 1 aliphatic heterocycles. The summed E-state index contributed by atoms with van der Waals surface area (Å²) in [5.74, 6) is 0.0125. The lowest BCUT2D eigenvalue weighted by atomic mass is 9.89. The first kappa shape index (κ1) is 22.6. The molecule has 0 N–H and O–H groups in total. The molecule has 1 aromatic heterocycles. The molecule has 1 atom stereocenters. The SMILES string of the molecule is CCOc1cc(CN2CCc3c(cc(C)cc3C(OC)C(F)(F)F)C2=O)ncc1C#N. The third kappa shape index (κ3) is 4.64. The van der Waals surface area contributed by atoms with Gasteiger partial charge in [0.15, 0.2) is 6.10 Å². The number of alkyl halides is 3. The maximum atomic E-state index is 13.5. The molecule has 1 aromatic carbocycles. The van der Waals surface area contributed by atoms with E-state index in [1.165, 1.54) is 17.2 Å². The van der Waals surface area contributed by atoms with Gasteiger partial charge in [-0.3, -0.25) is 9.78 Å². The van der Waals surface area contributed by atoms with E-state index in [1.54, 1.807) is 26.0 Å². The van der Waals surface area contributed by atoms with Gasteiger partial charge in [0, 0.05) is 31.5 Å². The van der Waals surface area contributed by atoms with Crippen LogP contribution in [0.5, 0.6) is 5.75 Å². The summed E-state index contributed by atoms with van der Waals surface area (Å²) in [6, 6.07) is 6.65. The van der Waals surface area contributed by atoms with Crippen molar-refractivity contribution in [3.63, 3.8) is 0 Å². The summed E-state index contributed by atoms with van der Waals surface area (Å²) in [6.45, 7) is 4.20. The second-order valence-electron chi connectivity index (χ2n) is 7.23. The van der Waals surface area contributed by atoms with E-state index in [4.69, 9.17) is 14.7 Å². The maximum Gasteiger partial charge on any atom is 0.418 e. The van der Waals surface area contributed by atoms with Gasteiger partial charge in [0.05, 0.1) is 18.8 Å². The number of fused-ring (bicyclic) bond motifs is 1. The van der Waals surface area contributed by atoms with Crippen molar-refractivity contribution in [1.82, 2.24) is 9.88 Å². The Morgan fingerprint density at radius 1 is 1.32 bits per heavy atom. The first-order valence-corrected chi connectivity index (χ1v) is 9.73. The molecule has 1 unspecified atom stereocenters. The minimum Gasteiger partial charge on any atom is -0.492 e. The maximum absolute atomic E-state index is 13.5. The molecule has 2 aromatic rings. The number of amides is 1. The van der Waals surface area contributed by atoms with Crippen LogP contribution in [0.3, 0.4) is 0 Å². The Labute approximate surface area is 178 Å². The number of carbonyl (C=O) groups excluding carboxylic acids is 1. The van der Waals surface area contributed by atoms with Crippen molar-refractivity contribution in [3.8, 4) is 11.8 Å².